The first kappa shape index (κ1) is 11.2. The van der Waals surface area contributed by atoms with Gasteiger partial charge < -0.3 is 5.73 Å². The van der Waals surface area contributed by atoms with E-state index in [0.29, 0.717) is 6.04 Å². The van der Waals surface area contributed by atoms with E-state index in [0.717, 1.165) is 19.3 Å². The lowest BCUT2D eigenvalue weighted by molar-refractivity contribution is 0.560. The molecule has 0 amide bonds. The fourth-order valence-corrected chi connectivity index (χ4v) is 1.61. The fraction of sp³-hybridized carbons (Fsp3) is 0.583. The van der Waals surface area contributed by atoms with Gasteiger partial charge in [-0.2, -0.15) is 0 Å². The summed E-state index contributed by atoms with van der Waals surface area (Å²) in [6.45, 7) is 4.30. The molecule has 0 saturated heterocycles. The Morgan fingerprint density at radius 2 is 2.21 bits per heavy atom. The van der Waals surface area contributed by atoms with Crippen LogP contribution in [0.4, 0.5) is 0 Å². The average molecular weight is 192 g/mol. The number of hydrogen-bond acceptors (Lipinski definition) is 2. The van der Waals surface area contributed by atoms with Crippen LogP contribution in [-0.4, -0.2) is 11.0 Å². The second-order valence-corrected chi connectivity index (χ2v) is 3.89. The highest BCUT2D eigenvalue weighted by Gasteiger charge is 2.03. The Kier molecular flexibility index (Phi) is 4.60. The highest BCUT2D eigenvalue weighted by molar-refractivity contribution is 5.21. The van der Waals surface area contributed by atoms with Crippen molar-refractivity contribution in [3.05, 3.63) is 29.6 Å². The summed E-state index contributed by atoms with van der Waals surface area (Å²) in [5.74, 6) is 0. The van der Waals surface area contributed by atoms with Crippen molar-refractivity contribution in [3.8, 4) is 0 Å². The van der Waals surface area contributed by atoms with Crippen molar-refractivity contribution in [2.24, 2.45) is 5.73 Å². The summed E-state index contributed by atoms with van der Waals surface area (Å²) in [6.07, 6.45) is 8.21. The molecule has 1 unspecified atom stereocenters. The van der Waals surface area contributed by atoms with Gasteiger partial charge in [0.1, 0.15) is 0 Å². The minimum Gasteiger partial charge on any atom is -0.328 e. The monoisotopic (exact) mass is 192 g/mol. The van der Waals surface area contributed by atoms with Crippen LogP contribution in [0.3, 0.4) is 0 Å². The standard InChI is InChI=1S/C12H20N2/c1-3-4-12(13)6-5-11-9-14-8-7-10(11)2/h7-9,12H,3-6,13H2,1-2H3. The molecule has 0 aromatic carbocycles. The van der Waals surface area contributed by atoms with Crippen molar-refractivity contribution in [2.45, 2.75) is 45.6 Å². The van der Waals surface area contributed by atoms with Crippen molar-refractivity contribution in [3.63, 3.8) is 0 Å². The third kappa shape index (κ3) is 3.46. The number of pyridine rings is 1. The average Bonchev–Trinajstić information content (AvgIpc) is 2.17. The predicted molar refractivity (Wildman–Crippen MR) is 60.2 cm³/mol. The Balaban J connectivity index is 2.41. The second kappa shape index (κ2) is 5.76. The molecule has 14 heavy (non-hydrogen) atoms. The number of hydrogen-bond donors (Lipinski definition) is 1. The van der Waals surface area contributed by atoms with E-state index in [1.807, 2.05) is 12.4 Å². The molecule has 0 fully saturated rings. The van der Waals surface area contributed by atoms with Gasteiger partial charge in [-0.05, 0) is 43.4 Å². The van der Waals surface area contributed by atoms with Crippen LogP contribution in [0, 0.1) is 6.92 Å². The van der Waals surface area contributed by atoms with E-state index in [1.54, 1.807) is 0 Å². The van der Waals surface area contributed by atoms with Crippen LogP contribution in [0.15, 0.2) is 18.5 Å². The number of aryl methyl sites for hydroxylation is 2. The third-order valence-corrected chi connectivity index (χ3v) is 2.59. The van der Waals surface area contributed by atoms with Crippen molar-refractivity contribution >= 4 is 0 Å². The van der Waals surface area contributed by atoms with E-state index in [4.69, 9.17) is 5.73 Å². The molecule has 1 aromatic rings. The van der Waals surface area contributed by atoms with E-state index in [-0.39, 0.29) is 0 Å². The van der Waals surface area contributed by atoms with Crippen LogP contribution in [0.25, 0.3) is 0 Å². The zero-order chi connectivity index (χ0) is 10.4. The molecule has 0 saturated carbocycles. The van der Waals surface area contributed by atoms with Gasteiger partial charge in [0.25, 0.3) is 0 Å². The van der Waals surface area contributed by atoms with Crippen LogP contribution in [0.2, 0.25) is 0 Å². The van der Waals surface area contributed by atoms with E-state index >= 15 is 0 Å². The maximum atomic E-state index is 5.96. The first-order valence-corrected chi connectivity index (χ1v) is 5.39. The van der Waals surface area contributed by atoms with Gasteiger partial charge in [-0.25, -0.2) is 0 Å². The SMILES string of the molecule is CCCC(N)CCc1cnccc1C. The van der Waals surface area contributed by atoms with Crippen LogP contribution >= 0.6 is 0 Å². The molecule has 1 rings (SSSR count). The summed E-state index contributed by atoms with van der Waals surface area (Å²) in [4.78, 5) is 4.13. The summed E-state index contributed by atoms with van der Waals surface area (Å²) < 4.78 is 0. The maximum absolute atomic E-state index is 5.96. The molecule has 1 heterocycles. The van der Waals surface area contributed by atoms with E-state index in [2.05, 4.69) is 24.9 Å². The van der Waals surface area contributed by atoms with Crippen molar-refractivity contribution in [1.29, 1.82) is 0 Å². The smallest absolute Gasteiger partial charge is 0.0302 e. The highest BCUT2D eigenvalue weighted by atomic mass is 14.6. The van der Waals surface area contributed by atoms with Crippen molar-refractivity contribution < 1.29 is 0 Å². The van der Waals surface area contributed by atoms with Crippen molar-refractivity contribution in [2.75, 3.05) is 0 Å². The normalized spacial score (nSPS) is 12.8. The van der Waals surface area contributed by atoms with Crippen LogP contribution < -0.4 is 5.73 Å². The molecule has 1 aromatic heterocycles. The molecule has 2 heteroatoms. The second-order valence-electron chi connectivity index (χ2n) is 3.89. The molecule has 0 aliphatic heterocycles. The highest BCUT2D eigenvalue weighted by Crippen LogP contribution is 2.10. The van der Waals surface area contributed by atoms with E-state index in [1.165, 1.54) is 17.5 Å². The Morgan fingerprint density at radius 3 is 2.86 bits per heavy atom. The van der Waals surface area contributed by atoms with Gasteiger partial charge in [0, 0.05) is 18.4 Å². The predicted octanol–water partition coefficient (Wildman–Crippen LogP) is 2.45. The number of nitrogens with zero attached hydrogens (tertiary/aromatic N) is 1. The lowest BCUT2D eigenvalue weighted by Crippen LogP contribution is -2.20. The molecular formula is C12H20N2. The quantitative estimate of drug-likeness (QED) is 0.778. The molecular weight excluding hydrogens is 172 g/mol. The summed E-state index contributed by atoms with van der Waals surface area (Å²) in [5, 5.41) is 0. The minimum absolute atomic E-state index is 0.347. The third-order valence-electron chi connectivity index (χ3n) is 2.59. The molecule has 2 nitrogen and oxygen atoms in total. The molecule has 78 valence electrons. The van der Waals surface area contributed by atoms with E-state index < -0.39 is 0 Å². The van der Waals surface area contributed by atoms with E-state index in [9.17, 15) is 0 Å². The summed E-state index contributed by atoms with van der Waals surface area (Å²) >= 11 is 0. The lowest BCUT2D eigenvalue weighted by atomic mass is 10.0. The molecule has 0 spiro atoms. The zero-order valence-corrected chi connectivity index (χ0v) is 9.16. The number of rotatable bonds is 5. The molecule has 0 bridgehead atoms. The summed E-state index contributed by atoms with van der Waals surface area (Å²) in [7, 11) is 0. The topological polar surface area (TPSA) is 38.9 Å². The van der Waals surface area contributed by atoms with Crippen LogP contribution in [0.5, 0.6) is 0 Å². The Morgan fingerprint density at radius 1 is 1.43 bits per heavy atom. The molecule has 0 radical (unpaired) electrons. The summed E-state index contributed by atoms with van der Waals surface area (Å²) in [5.41, 5.74) is 8.62. The molecule has 0 aliphatic rings. The maximum Gasteiger partial charge on any atom is 0.0302 e. The van der Waals surface area contributed by atoms with Gasteiger partial charge >= 0.3 is 0 Å². The number of nitrogens with two attached hydrogens (primary N) is 1. The van der Waals surface area contributed by atoms with Gasteiger partial charge in [-0.1, -0.05) is 13.3 Å². The van der Waals surface area contributed by atoms with Gasteiger partial charge in [-0.15, -0.1) is 0 Å². The largest absolute Gasteiger partial charge is 0.328 e. The molecule has 1 atom stereocenters. The van der Waals surface area contributed by atoms with Gasteiger partial charge in [0.15, 0.2) is 0 Å². The first-order chi connectivity index (χ1) is 6.74. The Hall–Kier alpha value is -0.890. The lowest BCUT2D eigenvalue weighted by Gasteiger charge is -2.10. The van der Waals surface area contributed by atoms with Crippen molar-refractivity contribution in [1.82, 2.24) is 4.98 Å². The van der Waals surface area contributed by atoms with Gasteiger partial charge in [-0.3, -0.25) is 4.98 Å². The molecule has 2 N–H and O–H groups in total. The number of aromatic nitrogens is 1. The molecule has 0 aliphatic carbocycles. The first-order valence-electron chi connectivity index (χ1n) is 5.39. The van der Waals surface area contributed by atoms with Gasteiger partial charge in [0.05, 0.1) is 0 Å². The minimum atomic E-state index is 0.347. The zero-order valence-electron chi connectivity index (χ0n) is 9.16. The Labute approximate surface area is 86.5 Å². The van der Waals surface area contributed by atoms with Crippen LogP contribution in [0.1, 0.15) is 37.3 Å². The Bertz CT molecular complexity index is 271. The fourth-order valence-electron chi connectivity index (χ4n) is 1.61. The summed E-state index contributed by atoms with van der Waals surface area (Å²) in [6, 6.07) is 2.40. The van der Waals surface area contributed by atoms with Gasteiger partial charge in [0.2, 0.25) is 0 Å². The van der Waals surface area contributed by atoms with Crippen LogP contribution in [-0.2, 0) is 6.42 Å².